The molecular formula is C16H29N7O. The van der Waals surface area contributed by atoms with Crippen molar-refractivity contribution < 1.29 is 4.74 Å². The van der Waals surface area contributed by atoms with E-state index in [0.29, 0.717) is 12.6 Å². The molecule has 1 saturated heterocycles. The number of aliphatic imine (C=N–C) groups is 1. The summed E-state index contributed by atoms with van der Waals surface area (Å²) in [6.45, 7) is 11.3. The van der Waals surface area contributed by atoms with Gasteiger partial charge in [0.1, 0.15) is 12.4 Å². The maximum Gasteiger partial charge on any atom is 0.191 e. The normalized spacial score (nSPS) is 20.0. The fourth-order valence-corrected chi connectivity index (χ4v) is 3.21. The number of hydrogen-bond acceptors (Lipinski definition) is 5. The SMILES string of the molecule is CCNC(=NCc1nnc2n1CCC2)NCC(C)N1CCOCC1. The number of rotatable bonds is 6. The number of guanidine groups is 1. The van der Waals surface area contributed by atoms with Gasteiger partial charge in [0.05, 0.1) is 13.2 Å². The highest BCUT2D eigenvalue weighted by Gasteiger charge is 2.18. The van der Waals surface area contributed by atoms with Crippen molar-refractivity contribution in [2.75, 3.05) is 39.4 Å². The molecule has 2 aliphatic heterocycles. The highest BCUT2D eigenvalue weighted by molar-refractivity contribution is 5.79. The molecule has 24 heavy (non-hydrogen) atoms. The Balaban J connectivity index is 1.53. The number of aryl methyl sites for hydroxylation is 1. The zero-order valence-electron chi connectivity index (χ0n) is 14.8. The molecule has 0 amide bonds. The summed E-state index contributed by atoms with van der Waals surface area (Å²) in [5, 5.41) is 15.3. The molecule has 0 radical (unpaired) electrons. The van der Waals surface area contributed by atoms with Crippen LogP contribution in [-0.4, -0.2) is 71.1 Å². The quantitative estimate of drug-likeness (QED) is 0.563. The van der Waals surface area contributed by atoms with Gasteiger partial charge in [-0.25, -0.2) is 4.99 Å². The Labute approximate surface area is 143 Å². The van der Waals surface area contributed by atoms with Crippen LogP contribution >= 0.6 is 0 Å². The summed E-state index contributed by atoms with van der Waals surface area (Å²) in [5.41, 5.74) is 0. The number of nitrogens with zero attached hydrogens (tertiary/aromatic N) is 5. The third kappa shape index (κ3) is 4.24. The lowest BCUT2D eigenvalue weighted by atomic mass is 10.2. The average Bonchev–Trinajstić information content (AvgIpc) is 3.22. The Hall–Kier alpha value is -1.67. The molecule has 3 rings (SSSR count). The predicted octanol–water partition coefficient (Wildman–Crippen LogP) is 0.000100. The summed E-state index contributed by atoms with van der Waals surface area (Å²) in [7, 11) is 0. The van der Waals surface area contributed by atoms with E-state index in [-0.39, 0.29) is 0 Å². The lowest BCUT2D eigenvalue weighted by Gasteiger charge is -2.32. The first kappa shape index (κ1) is 17.2. The number of nitrogens with one attached hydrogen (secondary N) is 2. The van der Waals surface area contributed by atoms with Gasteiger partial charge in [-0.2, -0.15) is 0 Å². The van der Waals surface area contributed by atoms with E-state index < -0.39 is 0 Å². The highest BCUT2D eigenvalue weighted by Crippen LogP contribution is 2.14. The summed E-state index contributed by atoms with van der Waals surface area (Å²) in [5.74, 6) is 2.90. The van der Waals surface area contributed by atoms with Crippen molar-refractivity contribution >= 4 is 5.96 Å². The van der Waals surface area contributed by atoms with E-state index in [4.69, 9.17) is 4.74 Å². The maximum absolute atomic E-state index is 5.42. The second kappa shape index (κ2) is 8.43. The molecule has 2 aliphatic rings. The third-order valence-electron chi connectivity index (χ3n) is 4.64. The molecule has 1 aromatic rings. The van der Waals surface area contributed by atoms with Crippen molar-refractivity contribution in [3.8, 4) is 0 Å². The molecule has 1 fully saturated rings. The molecule has 0 aromatic carbocycles. The van der Waals surface area contributed by atoms with Crippen LogP contribution in [0.2, 0.25) is 0 Å². The first-order chi connectivity index (χ1) is 11.8. The summed E-state index contributed by atoms with van der Waals surface area (Å²) in [4.78, 5) is 7.13. The van der Waals surface area contributed by atoms with E-state index in [9.17, 15) is 0 Å². The van der Waals surface area contributed by atoms with Crippen molar-refractivity contribution in [2.45, 2.75) is 45.8 Å². The third-order valence-corrected chi connectivity index (χ3v) is 4.64. The molecule has 3 heterocycles. The Bertz CT molecular complexity index is 551. The summed E-state index contributed by atoms with van der Waals surface area (Å²) in [6.07, 6.45) is 2.20. The van der Waals surface area contributed by atoms with Crippen LogP contribution in [0.1, 0.15) is 31.9 Å². The summed E-state index contributed by atoms with van der Waals surface area (Å²) in [6, 6.07) is 0.454. The number of morpholine rings is 1. The largest absolute Gasteiger partial charge is 0.379 e. The molecule has 1 atom stereocenters. The van der Waals surface area contributed by atoms with Gasteiger partial charge in [0.15, 0.2) is 11.8 Å². The molecule has 0 bridgehead atoms. The van der Waals surface area contributed by atoms with Crippen LogP contribution < -0.4 is 10.6 Å². The van der Waals surface area contributed by atoms with Crippen molar-refractivity contribution in [3.05, 3.63) is 11.6 Å². The molecule has 8 heteroatoms. The van der Waals surface area contributed by atoms with Crippen LogP contribution in [0.3, 0.4) is 0 Å². The Morgan fingerprint density at radius 1 is 1.25 bits per heavy atom. The van der Waals surface area contributed by atoms with Crippen LogP contribution in [-0.2, 0) is 24.2 Å². The predicted molar refractivity (Wildman–Crippen MR) is 93.0 cm³/mol. The van der Waals surface area contributed by atoms with Gasteiger partial charge in [-0.1, -0.05) is 0 Å². The van der Waals surface area contributed by atoms with E-state index >= 15 is 0 Å². The monoisotopic (exact) mass is 335 g/mol. The van der Waals surface area contributed by atoms with Crippen LogP contribution in [0.25, 0.3) is 0 Å². The maximum atomic E-state index is 5.42. The van der Waals surface area contributed by atoms with Crippen LogP contribution in [0, 0.1) is 0 Å². The zero-order chi connectivity index (χ0) is 16.8. The molecule has 1 unspecified atom stereocenters. The van der Waals surface area contributed by atoms with Crippen molar-refractivity contribution in [2.24, 2.45) is 4.99 Å². The number of aromatic nitrogens is 3. The van der Waals surface area contributed by atoms with Crippen LogP contribution in [0.5, 0.6) is 0 Å². The Morgan fingerprint density at radius 3 is 2.88 bits per heavy atom. The van der Waals surface area contributed by atoms with Crippen LogP contribution in [0.4, 0.5) is 0 Å². The zero-order valence-corrected chi connectivity index (χ0v) is 14.8. The van der Waals surface area contributed by atoms with Gasteiger partial charge >= 0.3 is 0 Å². The van der Waals surface area contributed by atoms with Gasteiger partial charge in [0, 0.05) is 45.2 Å². The second-order valence-electron chi connectivity index (χ2n) is 6.36. The van der Waals surface area contributed by atoms with E-state index in [1.165, 1.54) is 0 Å². The topological polar surface area (TPSA) is 79.6 Å². The minimum absolute atomic E-state index is 0.454. The fourth-order valence-electron chi connectivity index (χ4n) is 3.21. The van der Waals surface area contributed by atoms with Crippen molar-refractivity contribution in [1.29, 1.82) is 0 Å². The number of ether oxygens (including phenoxy) is 1. The molecule has 134 valence electrons. The van der Waals surface area contributed by atoms with Crippen molar-refractivity contribution in [1.82, 2.24) is 30.3 Å². The fraction of sp³-hybridized carbons (Fsp3) is 0.812. The molecule has 8 nitrogen and oxygen atoms in total. The molecule has 0 spiro atoms. The van der Waals surface area contributed by atoms with E-state index in [1.54, 1.807) is 0 Å². The van der Waals surface area contributed by atoms with Crippen molar-refractivity contribution in [3.63, 3.8) is 0 Å². The summed E-state index contributed by atoms with van der Waals surface area (Å²) < 4.78 is 7.61. The van der Waals surface area contributed by atoms with E-state index in [0.717, 1.165) is 76.4 Å². The van der Waals surface area contributed by atoms with Crippen LogP contribution in [0.15, 0.2) is 4.99 Å². The minimum Gasteiger partial charge on any atom is -0.379 e. The molecular weight excluding hydrogens is 306 g/mol. The van der Waals surface area contributed by atoms with Gasteiger partial charge in [-0.15, -0.1) is 10.2 Å². The van der Waals surface area contributed by atoms with Gasteiger partial charge < -0.3 is 19.9 Å². The number of fused-ring (bicyclic) bond motifs is 1. The Kier molecular flexibility index (Phi) is 6.03. The second-order valence-corrected chi connectivity index (χ2v) is 6.36. The first-order valence-electron chi connectivity index (χ1n) is 9.03. The summed E-state index contributed by atoms with van der Waals surface area (Å²) >= 11 is 0. The molecule has 2 N–H and O–H groups in total. The smallest absolute Gasteiger partial charge is 0.191 e. The molecule has 0 aliphatic carbocycles. The van der Waals surface area contributed by atoms with Gasteiger partial charge in [-0.05, 0) is 20.3 Å². The minimum atomic E-state index is 0.454. The lowest BCUT2D eigenvalue weighted by Crippen LogP contribution is -2.49. The molecule has 0 saturated carbocycles. The standard InChI is InChI=1S/C16H29N7O/c1-3-17-16(18-11-13(2)22-7-9-24-10-8-22)19-12-15-21-20-14-5-4-6-23(14)15/h13H,3-12H2,1-2H3,(H2,17,18,19). The van der Waals surface area contributed by atoms with Gasteiger partial charge in [0.25, 0.3) is 0 Å². The number of hydrogen-bond donors (Lipinski definition) is 2. The highest BCUT2D eigenvalue weighted by atomic mass is 16.5. The lowest BCUT2D eigenvalue weighted by molar-refractivity contribution is 0.0211. The Morgan fingerprint density at radius 2 is 2.08 bits per heavy atom. The van der Waals surface area contributed by atoms with E-state index in [1.807, 2.05) is 0 Å². The first-order valence-corrected chi connectivity index (χ1v) is 9.03. The van der Waals surface area contributed by atoms with Gasteiger partial charge in [0.2, 0.25) is 0 Å². The molecule has 1 aromatic heterocycles. The van der Waals surface area contributed by atoms with E-state index in [2.05, 4.69) is 49.1 Å². The average molecular weight is 335 g/mol. The van der Waals surface area contributed by atoms with Gasteiger partial charge in [-0.3, -0.25) is 4.90 Å².